The van der Waals surface area contributed by atoms with E-state index in [0.717, 1.165) is 25.7 Å². The van der Waals surface area contributed by atoms with E-state index in [2.05, 4.69) is 10.3 Å². The van der Waals surface area contributed by atoms with Gasteiger partial charge in [-0.05, 0) is 36.7 Å². The van der Waals surface area contributed by atoms with Gasteiger partial charge in [0.2, 0.25) is 0 Å². The molecule has 1 heterocycles. The Hall–Kier alpha value is -1.17. The maximum absolute atomic E-state index is 12.4. The highest BCUT2D eigenvalue weighted by Crippen LogP contribution is 2.26. The van der Waals surface area contributed by atoms with Gasteiger partial charge in [0.15, 0.2) is 0 Å². The molecular weight excluding hydrogens is 270 g/mol. The van der Waals surface area contributed by atoms with E-state index in [1.807, 2.05) is 0 Å². The number of carbonyl (C=O) groups excluding carboxylic acids is 1. The predicted octanol–water partition coefficient (Wildman–Crippen LogP) is 3.46. The minimum atomic E-state index is -2.57. The molecule has 1 aromatic rings. The van der Waals surface area contributed by atoms with E-state index < -0.39 is 5.76 Å². The number of alkyl halides is 2. The van der Waals surface area contributed by atoms with Crippen LogP contribution in [0.1, 0.15) is 42.5 Å². The van der Waals surface area contributed by atoms with Gasteiger partial charge >= 0.3 is 0 Å². The van der Waals surface area contributed by atoms with Crippen LogP contribution in [-0.2, 0) is 0 Å². The summed E-state index contributed by atoms with van der Waals surface area (Å²) >= 11 is 0.310. The first-order chi connectivity index (χ1) is 9.16. The molecule has 0 aromatic carbocycles. The molecule has 6 heteroatoms. The number of thioether (sulfide) groups is 1. The molecule has 0 spiro atoms. The van der Waals surface area contributed by atoms with Crippen LogP contribution in [0.3, 0.4) is 0 Å². The zero-order valence-corrected chi connectivity index (χ0v) is 11.3. The molecule has 1 saturated carbocycles. The number of carbonyl (C=O) groups is 1. The molecule has 104 valence electrons. The van der Waals surface area contributed by atoms with E-state index in [0.29, 0.717) is 11.8 Å². The Morgan fingerprint density at radius 1 is 1.37 bits per heavy atom. The van der Waals surface area contributed by atoms with Crippen molar-refractivity contribution >= 4 is 17.7 Å². The molecule has 0 bridgehead atoms. The summed E-state index contributed by atoms with van der Waals surface area (Å²) in [5.41, 5.74) is 0.235. The van der Waals surface area contributed by atoms with Gasteiger partial charge in [0.1, 0.15) is 5.03 Å². The second kappa shape index (κ2) is 6.84. The van der Waals surface area contributed by atoms with Crippen LogP contribution < -0.4 is 5.32 Å². The van der Waals surface area contributed by atoms with Gasteiger partial charge in [-0.2, -0.15) is 8.78 Å². The minimum Gasteiger partial charge on any atom is -0.349 e. The first kappa shape index (κ1) is 14.2. The van der Waals surface area contributed by atoms with Crippen molar-refractivity contribution in [3.05, 3.63) is 23.9 Å². The summed E-state index contributed by atoms with van der Waals surface area (Å²) in [4.78, 5) is 16.0. The molecule has 1 aliphatic carbocycles. The molecule has 1 N–H and O–H groups in total. The van der Waals surface area contributed by atoms with Crippen LogP contribution in [0.4, 0.5) is 8.78 Å². The Kier molecular flexibility index (Phi) is 5.13. The Labute approximate surface area is 115 Å². The van der Waals surface area contributed by atoms with Gasteiger partial charge in [-0.15, -0.1) is 0 Å². The van der Waals surface area contributed by atoms with Crippen molar-refractivity contribution in [2.45, 2.75) is 48.9 Å². The number of pyridine rings is 1. The van der Waals surface area contributed by atoms with Crippen molar-refractivity contribution in [1.29, 1.82) is 0 Å². The smallest absolute Gasteiger partial charge is 0.290 e. The molecule has 2 rings (SSSR count). The highest BCUT2D eigenvalue weighted by Gasteiger charge is 2.20. The largest absolute Gasteiger partial charge is 0.349 e. The van der Waals surface area contributed by atoms with Gasteiger partial charge in [-0.1, -0.05) is 19.3 Å². The van der Waals surface area contributed by atoms with Crippen molar-refractivity contribution in [2.75, 3.05) is 0 Å². The summed E-state index contributed by atoms with van der Waals surface area (Å²) in [6, 6.07) is 3.28. The van der Waals surface area contributed by atoms with Crippen LogP contribution >= 0.6 is 11.8 Å². The SMILES string of the molecule is O=C(NC1CCCCC1)c1cccnc1SC(F)F. The Morgan fingerprint density at radius 2 is 2.11 bits per heavy atom. The van der Waals surface area contributed by atoms with E-state index in [4.69, 9.17) is 0 Å². The maximum atomic E-state index is 12.4. The summed E-state index contributed by atoms with van der Waals surface area (Å²) in [7, 11) is 0. The first-order valence-electron chi connectivity index (χ1n) is 6.37. The molecule has 1 amide bonds. The summed E-state index contributed by atoms with van der Waals surface area (Å²) < 4.78 is 24.8. The number of aromatic nitrogens is 1. The quantitative estimate of drug-likeness (QED) is 0.862. The van der Waals surface area contributed by atoms with Crippen molar-refractivity contribution in [3.63, 3.8) is 0 Å². The van der Waals surface area contributed by atoms with Gasteiger partial charge in [0.25, 0.3) is 11.7 Å². The van der Waals surface area contributed by atoms with Crippen LogP contribution in [0.5, 0.6) is 0 Å². The average Bonchev–Trinajstić information content (AvgIpc) is 2.39. The predicted molar refractivity (Wildman–Crippen MR) is 70.4 cm³/mol. The molecule has 0 radical (unpaired) electrons. The number of hydrogen-bond donors (Lipinski definition) is 1. The molecule has 1 aromatic heterocycles. The second-order valence-electron chi connectivity index (χ2n) is 4.54. The third kappa shape index (κ3) is 4.16. The average molecular weight is 286 g/mol. The van der Waals surface area contributed by atoms with Crippen LogP contribution in [0.25, 0.3) is 0 Å². The van der Waals surface area contributed by atoms with Crippen LogP contribution in [0, 0.1) is 0 Å². The van der Waals surface area contributed by atoms with E-state index in [9.17, 15) is 13.6 Å². The molecule has 0 saturated heterocycles. The van der Waals surface area contributed by atoms with Crippen LogP contribution in [0.15, 0.2) is 23.4 Å². The summed E-state index contributed by atoms with van der Waals surface area (Å²) in [6.07, 6.45) is 6.76. The number of rotatable bonds is 4. The normalized spacial score (nSPS) is 16.6. The number of amides is 1. The highest BCUT2D eigenvalue weighted by molar-refractivity contribution is 7.99. The van der Waals surface area contributed by atoms with E-state index >= 15 is 0 Å². The van der Waals surface area contributed by atoms with Crippen LogP contribution in [-0.4, -0.2) is 22.7 Å². The van der Waals surface area contributed by atoms with Gasteiger partial charge in [-0.25, -0.2) is 4.98 Å². The molecule has 1 aliphatic rings. The fraction of sp³-hybridized carbons (Fsp3) is 0.538. The molecule has 0 atom stereocenters. The molecule has 0 aliphatic heterocycles. The fourth-order valence-electron chi connectivity index (χ4n) is 2.25. The van der Waals surface area contributed by atoms with E-state index in [1.54, 1.807) is 6.07 Å². The number of nitrogens with one attached hydrogen (secondary N) is 1. The molecule has 19 heavy (non-hydrogen) atoms. The number of hydrogen-bond acceptors (Lipinski definition) is 3. The van der Waals surface area contributed by atoms with Crippen molar-refractivity contribution in [1.82, 2.24) is 10.3 Å². The lowest BCUT2D eigenvalue weighted by molar-refractivity contribution is 0.0924. The summed E-state index contributed by atoms with van der Waals surface area (Å²) in [5, 5.41) is 3.00. The van der Waals surface area contributed by atoms with E-state index in [-0.39, 0.29) is 22.5 Å². The third-order valence-corrected chi connectivity index (χ3v) is 3.88. The molecule has 0 unspecified atom stereocenters. The first-order valence-corrected chi connectivity index (χ1v) is 7.25. The van der Waals surface area contributed by atoms with Crippen molar-refractivity contribution < 1.29 is 13.6 Å². The van der Waals surface area contributed by atoms with Gasteiger partial charge in [0.05, 0.1) is 5.56 Å². The maximum Gasteiger partial charge on any atom is 0.290 e. The fourth-order valence-corrected chi connectivity index (χ4v) is 2.83. The Bertz CT molecular complexity index is 436. The minimum absolute atomic E-state index is 0.0887. The zero-order valence-electron chi connectivity index (χ0n) is 10.4. The van der Waals surface area contributed by atoms with Crippen LogP contribution in [0.2, 0.25) is 0 Å². The lowest BCUT2D eigenvalue weighted by atomic mass is 9.95. The van der Waals surface area contributed by atoms with Gasteiger partial charge in [-0.3, -0.25) is 4.79 Å². The Morgan fingerprint density at radius 3 is 2.79 bits per heavy atom. The lowest BCUT2D eigenvalue weighted by Gasteiger charge is -2.23. The third-order valence-electron chi connectivity index (χ3n) is 3.16. The van der Waals surface area contributed by atoms with E-state index in [1.165, 1.54) is 18.7 Å². The highest BCUT2D eigenvalue weighted by atomic mass is 32.2. The topological polar surface area (TPSA) is 42.0 Å². The lowest BCUT2D eigenvalue weighted by Crippen LogP contribution is -2.36. The standard InChI is InChI=1S/C13H16F2N2OS/c14-13(15)19-12-10(7-4-8-16-12)11(18)17-9-5-2-1-3-6-9/h4,7-9,13H,1-3,5-6H2,(H,17,18). The molecular formula is C13H16F2N2OS. The monoisotopic (exact) mass is 286 g/mol. The van der Waals surface area contributed by atoms with Crippen molar-refractivity contribution in [3.8, 4) is 0 Å². The number of nitrogens with zero attached hydrogens (tertiary/aromatic N) is 1. The van der Waals surface area contributed by atoms with Gasteiger partial charge < -0.3 is 5.32 Å². The van der Waals surface area contributed by atoms with Gasteiger partial charge in [0, 0.05) is 12.2 Å². The summed E-state index contributed by atoms with van der Waals surface area (Å²) in [6.45, 7) is 0. The zero-order chi connectivity index (χ0) is 13.7. The summed E-state index contributed by atoms with van der Waals surface area (Å²) in [5.74, 6) is -2.88. The number of halogens is 2. The molecule has 1 fully saturated rings. The van der Waals surface area contributed by atoms with Crippen molar-refractivity contribution in [2.24, 2.45) is 0 Å². The second-order valence-corrected chi connectivity index (χ2v) is 5.52. The molecule has 3 nitrogen and oxygen atoms in total. The Balaban J connectivity index is 2.05.